The van der Waals surface area contributed by atoms with E-state index in [4.69, 9.17) is 0 Å². The van der Waals surface area contributed by atoms with Crippen LogP contribution in [0.15, 0.2) is 6.07 Å². The van der Waals surface area contributed by atoms with Crippen LogP contribution in [0.1, 0.15) is 67.8 Å². The van der Waals surface area contributed by atoms with Gasteiger partial charge in [0, 0.05) is 17.5 Å². The van der Waals surface area contributed by atoms with Crippen LogP contribution in [0.3, 0.4) is 0 Å². The number of halogens is 1. The van der Waals surface area contributed by atoms with Gasteiger partial charge in [0.15, 0.2) is 0 Å². The predicted molar refractivity (Wildman–Crippen MR) is 93.4 cm³/mol. The zero-order valence-electron chi connectivity index (χ0n) is 12.0. The molecule has 1 fully saturated rings. The van der Waals surface area contributed by atoms with Crippen LogP contribution in [0.2, 0.25) is 0 Å². The number of aliphatic hydroxyl groups is 1. The monoisotopic (exact) mass is 405 g/mol. The molecular weight excluding hydrogens is 381 g/mol. The second-order valence-electron chi connectivity index (χ2n) is 6.39. The van der Waals surface area contributed by atoms with E-state index in [0.29, 0.717) is 6.04 Å². The maximum Gasteiger partial charge on any atom is 0.0771 e. The summed E-state index contributed by atoms with van der Waals surface area (Å²) in [6.07, 6.45) is 10.6. The second-order valence-corrected chi connectivity index (χ2v) is 9.42. The predicted octanol–water partition coefficient (Wildman–Crippen LogP) is 4.41. The minimum atomic E-state index is -0.461. The summed E-state index contributed by atoms with van der Waals surface area (Å²) in [5, 5.41) is 14.5. The van der Waals surface area contributed by atoms with Crippen LogP contribution >= 0.6 is 33.9 Å². The maximum absolute atomic E-state index is 10.8. The average Bonchev–Trinajstić information content (AvgIpc) is 2.67. The highest BCUT2D eigenvalue weighted by atomic mass is 127. The number of hydrogen-bond donors (Lipinski definition) is 2. The van der Waals surface area contributed by atoms with Crippen molar-refractivity contribution in [1.29, 1.82) is 0 Å². The summed E-state index contributed by atoms with van der Waals surface area (Å²) in [5.41, 5.74) is 1.04. The van der Waals surface area contributed by atoms with Gasteiger partial charge in [-0.05, 0) is 66.3 Å². The lowest BCUT2D eigenvalue weighted by Crippen LogP contribution is -2.42. The van der Waals surface area contributed by atoms with Crippen molar-refractivity contribution in [2.24, 2.45) is 0 Å². The molecule has 1 unspecified atom stereocenters. The van der Waals surface area contributed by atoms with Crippen LogP contribution in [0.4, 0.5) is 0 Å². The standard InChI is InChI=1S/C16H24INOS/c17-15-10-12-13(6-5-7-14(12)20-15)18-11-16(19)8-3-1-2-4-9-16/h10,13,18-19H,1-9,11H2. The second kappa shape index (κ2) is 6.63. The summed E-state index contributed by atoms with van der Waals surface area (Å²) in [4.78, 5) is 1.56. The molecule has 1 atom stereocenters. The van der Waals surface area contributed by atoms with Gasteiger partial charge in [0.05, 0.1) is 8.48 Å². The minimum Gasteiger partial charge on any atom is -0.389 e. The fourth-order valence-electron chi connectivity index (χ4n) is 3.61. The molecule has 3 rings (SSSR count). The van der Waals surface area contributed by atoms with E-state index in [9.17, 15) is 5.11 Å². The van der Waals surface area contributed by atoms with E-state index >= 15 is 0 Å². The Hall–Kier alpha value is 0.350. The Bertz CT molecular complexity index is 451. The number of hydrogen-bond acceptors (Lipinski definition) is 3. The quantitative estimate of drug-likeness (QED) is 0.577. The van der Waals surface area contributed by atoms with Crippen LogP contribution < -0.4 is 5.32 Å². The van der Waals surface area contributed by atoms with Gasteiger partial charge in [-0.25, -0.2) is 0 Å². The van der Waals surface area contributed by atoms with Gasteiger partial charge >= 0.3 is 0 Å². The molecule has 2 N–H and O–H groups in total. The third-order valence-corrected chi connectivity index (χ3v) is 6.77. The van der Waals surface area contributed by atoms with E-state index < -0.39 is 5.60 Å². The molecule has 2 nitrogen and oxygen atoms in total. The van der Waals surface area contributed by atoms with Crippen molar-refractivity contribution in [2.75, 3.05) is 6.54 Å². The lowest BCUT2D eigenvalue weighted by Gasteiger charge is -2.31. The number of fused-ring (bicyclic) bond motifs is 1. The summed E-state index contributed by atoms with van der Waals surface area (Å²) in [6.45, 7) is 0.767. The molecule has 2 aliphatic carbocycles. The number of rotatable bonds is 3. The van der Waals surface area contributed by atoms with E-state index in [1.165, 1.54) is 53.4 Å². The lowest BCUT2D eigenvalue weighted by molar-refractivity contribution is 0.0222. The van der Waals surface area contributed by atoms with Crippen LogP contribution in [0.25, 0.3) is 0 Å². The molecule has 2 aliphatic rings. The van der Waals surface area contributed by atoms with Crippen molar-refractivity contribution in [3.63, 3.8) is 0 Å². The zero-order valence-corrected chi connectivity index (χ0v) is 14.9. The van der Waals surface area contributed by atoms with Gasteiger partial charge < -0.3 is 10.4 Å². The molecule has 112 valence electrons. The van der Waals surface area contributed by atoms with Gasteiger partial charge in [0.1, 0.15) is 0 Å². The smallest absolute Gasteiger partial charge is 0.0771 e. The Morgan fingerprint density at radius 2 is 2.00 bits per heavy atom. The van der Waals surface area contributed by atoms with Crippen LogP contribution in [0.5, 0.6) is 0 Å². The van der Waals surface area contributed by atoms with Crippen molar-refractivity contribution < 1.29 is 5.11 Å². The van der Waals surface area contributed by atoms with Gasteiger partial charge in [-0.1, -0.05) is 25.7 Å². The first-order valence-corrected chi connectivity index (χ1v) is 9.80. The third kappa shape index (κ3) is 3.57. The minimum absolute atomic E-state index is 0.461. The van der Waals surface area contributed by atoms with Gasteiger partial charge in [0.25, 0.3) is 0 Å². The summed E-state index contributed by atoms with van der Waals surface area (Å²) < 4.78 is 1.40. The molecule has 0 aromatic carbocycles. The largest absolute Gasteiger partial charge is 0.389 e. The number of aryl methyl sites for hydroxylation is 1. The van der Waals surface area contributed by atoms with Gasteiger partial charge in [0.2, 0.25) is 0 Å². The van der Waals surface area contributed by atoms with Crippen molar-refractivity contribution in [1.82, 2.24) is 5.32 Å². The van der Waals surface area contributed by atoms with Gasteiger partial charge in [-0.3, -0.25) is 0 Å². The third-order valence-electron chi connectivity index (χ3n) is 4.80. The van der Waals surface area contributed by atoms with Crippen LogP contribution in [-0.2, 0) is 6.42 Å². The molecule has 0 amide bonds. The van der Waals surface area contributed by atoms with Gasteiger partial charge in [-0.2, -0.15) is 0 Å². The van der Waals surface area contributed by atoms with Crippen LogP contribution in [0, 0.1) is 2.88 Å². The Kier molecular flexibility index (Phi) is 5.06. The first kappa shape index (κ1) is 15.3. The maximum atomic E-state index is 10.8. The summed E-state index contributed by atoms with van der Waals surface area (Å²) in [5.74, 6) is 0. The molecule has 1 heterocycles. The summed E-state index contributed by atoms with van der Waals surface area (Å²) >= 11 is 4.37. The lowest BCUT2D eigenvalue weighted by atomic mass is 9.91. The Morgan fingerprint density at radius 1 is 1.25 bits per heavy atom. The topological polar surface area (TPSA) is 32.3 Å². The summed E-state index contributed by atoms with van der Waals surface area (Å²) in [6, 6.07) is 2.81. The molecule has 1 saturated carbocycles. The molecule has 0 radical (unpaired) electrons. The van der Waals surface area contributed by atoms with Crippen molar-refractivity contribution in [3.05, 3.63) is 19.4 Å². The summed E-state index contributed by atoms with van der Waals surface area (Å²) in [7, 11) is 0. The molecule has 0 aliphatic heterocycles. The Balaban J connectivity index is 1.63. The van der Waals surface area contributed by atoms with E-state index in [1.54, 1.807) is 4.88 Å². The molecular formula is C16H24INOS. The molecule has 0 spiro atoms. The number of thiophene rings is 1. The zero-order chi connectivity index (χ0) is 14.0. The number of nitrogens with one attached hydrogen (secondary N) is 1. The van der Waals surface area contributed by atoms with E-state index in [2.05, 4.69) is 34.0 Å². The van der Waals surface area contributed by atoms with E-state index in [1.807, 2.05) is 11.3 Å². The van der Waals surface area contributed by atoms with Crippen molar-refractivity contribution >= 4 is 33.9 Å². The highest BCUT2D eigenvalue weighted by molar-refractivity contribution is 14.1. The molecule has 20 heavy (non-hydrogen) atoms. The Morgan fingerprint density at radius 3 is 2.75 bits per heavy atom. The van der Waals surface area contributed by atoms with Crippen molar-refractivity contribution in [3.8, 4) is 0 Å². The fraction of sp³-hybridized carbons (Fsp3) is 0.750. The normalized spacial score (nSPS) is 26.0. The van der Waals surface area contributed by atoms with Gasteiger partial charge in [-0.15, -0.1) is 11.3 Å². The first-order valence-electron chi connectivity index (χ1n) is 7.90. The molecule has 1 aromatic rings. The average molecular weight is 405 g/mol. The highest BCUT2D eigenvalue weighted by Crippen LogP contribution is 2.37. The van der Waals surface area contributed by atoms with Crippen molar-refractivity contribution in [2.45, 2.75) is 69.4 Å². The first-order chi connectivity index (χ1) is 9.66. The SMILES string of the molecule is OC1(CNC2CCCc3sc(I)cc32)CCCCCC1. The van der Waals surface area contributed by atoms with Crippen LogP contribution in [-0.4, -0.2) is 17.3 Å². The Labute approximate surface area is 139 Å². The van der Waals surface area contributed by atoms with E-state index in [0.717, 1.165) is 19.4 Å². The molecule has 4 heteroatoms. The van der Waals surface area contributed by atoms with E-state index in [-0.39, 0.29) is 0 Å². The fourth-order valence-corrected chi connectivity index (χ4v) is 5.73. The highest BCUT2D eigenvalue weighted by Gasteiger charge is 2.30. The molecule has 0 bridgehead atoms. The molecule has 1 aromatic heterocycles. The molecule has 0 saturated heterocycles.